The number of halogens is 1. The Labute approximate surface area is 116 Å². The zero-order valence-electron chi connectivity index (χ0n) is 10.1. The molecule has 1 heterocycles. The van der Waals surface area contributed by atoms with Crippen LogP contribution in [-0.2, 0) is 11.3 Å². The Bertz CT molecular complexity index is 524. The molecule has 1 amide bonds. The van der Waals surface area contributed by atoms with Crippen LogP contribution in [0.5, 0.6) is 0 Å². The Morgan fingerprint density at radius 1 is 1.33 bits per heavy atom. The summed E-state index contributed by atoms with van der Waals surface area (Å²) in [5.74, 6) is -0.0736. The molecule has 2 nitrogen and oxygen atoms in total. The monoisotopic (exact) mass is 279 g/mol. The summed E-state index contributed by atoms with van der Waals surface area (Å²) >= 11 is 7.33. The minimum Gasteiger partial charge on any atom is -0.307 e. The molecule has 2 aromatic rings. The van der Waals surface area contributed by atoms with Crippen LogP contribution in [-0.4, -0.2) is 11.8 Å². The van der Waals surface area contributed by atoms with Crippen molar-refractivity contribution in [3.8, 4) is 0 Å². The fourth-order valence-electron chi connectivity index (χ4n) is 1.81. The van der Waals surface area contributed by atoms with E-state index in [-0.39, 0.29) is 11.8 Å². The molecule has 0 saturated carbocycles. The van der Waals surface area contributed by atoms with E-state index in [0.29, 0.717) is 6.54 Å². The van der Waals surface area contributed by atoms with Crippen LogP contribution in [0.25, 0.3) is 0 Å². The SMILES string of the molecule is Cc1ccccc1N(Cc1ccsc1)C(=O)CCl. The Morgan fingerprint density at radius 3 is 2.72 bits per heavy atom. The molecule has 1 aromatic heterocycles. The summed E-state index contributed by atoms with van der Waals surface area (Å²) in [4.78, 5) is 13.7. The van der Waals surface area contributed by atoms with Gasteiger partial charge in [-0.15, -0.1) is 11.6 Å². The van der Waals surface area contributed by atoms with E-state index in [0.717, 1.165) is 16.8 Å². The molecule has 2 rings (SSSR count). The van der Waals surface area contributed by atoms with Gasteiger partial charge in [-0.25, -0.2) is 0 Å². The molecular weight excluding hydrogens is 266 g/mol. The first-order chi connectivity index (χ1) is 8.72. The number of benzene rings is 1. The third kappa shape index (κ3) is 2.92. The van der Waals surface area contributed by atoms with Crippen molar-refractivity contribution < 1.29 is 4.79 Å². The maximum atomic E-state index is 12.0. The third-order valence-electron chi connectivity index (χ3n) is 2.74. The van der Waals surface area contributed by atoms with Gasteiger partial charge in [-0.1, -0.05) is 18.2 Å². The Hall–Kier alpha value is -1.32. The van der Waals surface area contributed by atoms with E-state index in [1.165, 1.54) is 0 Å². The van der Waals surface area contributed by atoms with Gasteiger partial charge in [0.05, 0.1) is 6.54 Å². The number of carbonyl (C=O) groups is 1. The highest BCUT2D eigenvalue weighted by Gasteiger charge is 2.16. The summed E-state index contributed by atoms with van der Waals surface area (Å²) in [6, 6.07) is 9.87. The molecule has 0 saturated heterocycles. The Morgan fingerprint density at radius 2 is 2.11 bits per heavy atom. The molecule has 0 N–H and O–H groups in total. The van der Waals surface area contributed by atoms with Crippen LogP contribution >= 0.6 is 22.9 Å². The molecule has 0 atom stereocenters. The fraction of sp³-hybridized carbons (Fsp3) is 0.214. The maximum Gasteiger partial charge on any atom is 0.242 e. The van der Waals surface area contributed by atoms with Gasteiger partial charge in [0.1, 0.15) is 5.88 Å². The first kappa shape index (κ1) is 13.1. The molecule has 0 fully saturated rings. The predicted molar refractivity (Wildman–Crippen MR) is 77.4 cm³/mol. The van der Waals surface area contributed by atoms with Gasteiger partial charge in [0, 0.05) is 5.69 Å². The number of thiophene rings is 1. The fourth-order valence-corrected chi connectivity index (χ4v) is 2.62. The summed E-state index contributed by atoms with van der Waals surface area (Å²) in [5.41, 5.74) is 3.13. The number of amides is 1. The topological polar surface area (TPSA) is 20.3 Å². The van der Waals surface area contributed by atoms with Crippen LogP contribution in [0.3, 0.4) is 0 Å². The van der Waals surface area contributed by atoms with E-state index >= 15 is 0 Å². The predicted octanol–water partition coefficient (Wildman–Crippen LogP) is 3.83. The molecule has 0 bridgehead atoms. The zero-order chi connectivity index (χ0) is 13.0. The second-order valence-electron chi connectivity index (χ2n) is 4.03. The van der Waals surface area contributed by atoms with Gasteiger partial charge in [0.2, 0.25) is 5.91 Å². The number of nitrogens with zero attached hydrogens (tertiary/aromatic N) is 1. The van der Waals surface area contributed by atoms with E-state index in [1.54, 1.807) is 16.2 Å². The molecule has 0 aliphatic rings. The summed E-state index contributed by atoms with van der Waals surface area (Å²) in [6.45, 7) is 2.57. The Kier molecular flexibility index (Phi) is 4.39. The summed E-state index contributed by atoms with van der Waals surface area (Å²) in [5, 5.41) is 4.06. The lowest BCUT2D eigenvalue weighted by Gasteiger charge is -2.23. The highest BCUT2D eigenvalue weighted by Crippen LogP contribution is 2.22. The quantitative estimate of drug-likeness (QED) is 0.779. The number of alkyl halides is 1. The van der Waals surface area contributed by atoms with E-state index < -0.39 is 0 Å². The lowest BCUT2D eigenvalue weighted by molar-refractivity contribution is -0.116. The molecular formula is C14H14ClNOS. The molecule has 4 heteroatoms. The van der Waals surface area contributed by atoms with Gasteiger partial charge in [0.15, 0.2) is 0 Å². The van der Waals surface area contributed by atoms with Crippen LogP contribution in [0.15, 0.2) is 41.1 Å². The first-order valence-electron chi connectivity index (χ1n) is 5.65. The second kappa shape index (κ2) is 6.03. The van der Waals surface area contributed by atoms with Crippen molar-refractivity contribution in [1.29, 1.82) is 0 Å². The molecule has 18 heavy (non-hydrogen) atoms. The molecule has 0 radical (unpaired) electrons. The molecule has 0 aliphatic heterocycles. The van der Waals surface area contributed by atoms with Crippen molar-refractivity contribution in [2.45, 2.75) is 13.5 Å². The molecule has 1 aromatic carbocycles. The summed E-state index contributed by atoms with van der Waals surface area (Å²) in [6.07, 6.45) is 0. The number of hydrogen-bond donors (Lipinski definition) is 0. The lowest BCUT2D eigenvalue weighted by atomic mass is 10.1. The molecule has 0 spiro atoms. The van der Waals surface area contributed by atoms with Gasteiger partial charge in [-0.05, 0) is 40.9 Å². The molecule has 0 aliphatic carbocycles. The van der Waals surface area contributed by atoms with Gasteiger partial charge in [-0.3, -0.25) is 4.79 Å². The normalized spacial score (nSPS) is 10.3. The van der Waals surface area contributed by atoms with Crippen molar-refractivity contribution in [3.05, 3.63) is 52.2 Å². The van der Waals surface area contributed by atoms with Crippen molar-refractivity contribution in [2.24, 2.45) is 0 Å². The van der Waals surface area contributed by atoms with Crippen molar-refractivity contribution in [2.75, 3.05) is 10.8 Å². The third-order valence-corrected chi connectivity index (χ3v) is 3.70. The van der Waals surface area contributed by atoms with E-state index in [1.807, 2.05) is 48.0 Å². The number of anilines is 1. The van der Waals surface area contributed by atoms with Crippen molar-refractivity contribution in [1.82, 2.24) is 0 Å². The maximum absolute atomic E-state index is 12.0. The first-order valence-corrected chi connectivity index (χ1v) is 7.13. The smallest absolute Gasteiger partial charge is 0.242 e. The molecule has 0 unspecified atom stereocenters. The molecule has 94 valence electrons. The van der Waals surface area contributed by atoms with Crippen LogP contribution in [0.1, 0.15) is 11.1 Å². The highest BCUT2D eigenvalue weighted by molar-refractivity contribution is 7.07. The minimum atomic E-state index is -0.0721. The van der Waals surface area contributed by atoms with E-state index in [9.17, 15) is 4.79 Å². The average molecular weight is 280 g/mol. The van der Waals surface area contributed by atoms with Gasteiger partial charge >= 0.3 is 0 Å². The largest absolute Gasteiger partial charge is 0.307 e. The van der Waals surface area contributed by atoms with Crippen LogP contribution in [0.2, 0.25) is 0 Å². The van der Waals surface area contributed by atoms with Crippen molar-refractivity contribution >= 4 is 34.5 Å². The Balaban J connectivity index is 2.31. The highest BCUT2D eigenvalue weighted by atomic mass is 35.5. The zero-order valence-corrected chi connectivity index (χ0v) is 11.7. The van der Waals surface area contributed by atoms with E-state index in [4.69, 9.17) is 11.6 Å². The average Bonchev–Trinajstić information content (AvgIpc) is 2.89. The number of rotatable bonds is 4. The summed E-state index contributed by atoms with van der Waals surface area (Å²) < 4.78 is 0. The number of hydrogen-bond acceptors (Lipinski definition) is 2. The van der Waals surface area contributed by atoms with Crippen molar-refractivity contribution in [3.63, 3.8) is 0 Å². The lowest BCUT2D eigenvalue weighted by Crippen LogP contribution is -2.31. The van der Waals surface area contributed by atoms with Crippen LogP contribution in [0.4, 0.5) is 5.69 Å². The minimum absolute atomic E-state index is 0.00152. The number of aryl methyl sites for hydroxylation is 1. The number of para-hydroxylation sites is 1. The summed E-state index contributed by atoms with van der Waals surface area (Å²) in [7, 11) is 0. The van der Waals surface area contributed by atoms with Crippen LogP contribution < -0.4 is 4.90 Å². The number of carbonyl (C=O) groups excluding carboxylic acids is 1. The van der Waals surface area contributed by atoms with Gasteiger partial charge < -0.3 is 4.90 Å². The van der Waals surface area contributed by atoms with Crippen LogP contribution in [0, 0.1) is 6.92 Å². The second-order valence-corrected chi connectivity index (χ2v) is 5.08. The van der Waals surface area contributed by atoms with Gasteiger partial charge in [0.25, 0.3) is 0 Å². The van der Waals surface area contributed by atoms with Gasteiger partial charge in [-0.2, -0.15) is 11.3 Å². The van der Waals surface area contributed by atoms with E-state index in [2.05, 4.69) is 0 Å². The standard InChI is InChI=1S/C14H14ClNOS/c1-11-4-2-3-5-13(11)16(14(17)8-15)9-12-6-7-18-10-12/h2-7,10H,8-9H2,1H3.